The summed E-state index contributed by atoms with van der Waals surface area (Å²) in [5.74, 6) is 0. The monoisotopic (exact) mass is 189 g/mol. The Hall–Kier alpha value is -0.0300. The Morgan fingerprint density at radius 1 is 1.55 bits per heavy atom. The van der Waals surface area contributed by atoms with E-state index < -0.39 is 5.60 Å². The van der Waals surface area contributed by atoms with Crippen LogP contribution in [0, 0.1) is 0 Å². The Morgan fingerprint density at radius 2 is 2.18 bits per heavy atom. The fraction of sp³-hybridized carbons (Fsp3) is 0.429. The molecule has 1 aromatic rings. The maximum absolute atomic E-state index is 9.56. The van der Waals surface area contributed by atoms with Crippen LogP contribution >= 0.6 is 23.3 Å². The van der Waals surface area contributed by atoms with Gasteiger partial charge in [-0.2, -0.15) is 0 Å². The fourth-order valence-electron chi connectivity index (χ4n) is 0.712. The van der Waals surface area contributed by atoms with Crippen molar-refractivity contribution in [2.75, 3.05) is 0 Å². The highest BCUT2D eigenvalue weighted by molar-refractivity contribution is 7.99. The van der Waals surface area contributed by atoms with Gasteiger partial charge in [0.25, 0.3) is 0 Å². The lowest BCUT2D eigenvalue weighted by Gasteiger charge is -2.13. The molecule has 0 saturated heterocycles. The Balaban J connectivity index is 2.89. The summed E-state index contributed by atoms with van der Waals surface area (Å²) in [5, 5.41) is 14.9. The van der Waals surface area contributed by atoms with Crippen molar-refractivity contribution in [2.45, 2.75) is 23.7 Å². The van der Waals surface area contributed by atoms with E-state index in [0.717, 1.165) is 9.09 Å². The molecule has 3 N–H and O–H groups in total. The van der Waals surface area contributed by atoms with Crippen LogP contribution in [0.25, 0.3) is 0 Å². The summed E-state index contributed by atoms with van der Waals surface area (Å²) in [5.41, 5.74) is -0.737. The fourth-order valence-corrected chi connectivity index (χ4v) is 2.06. The van der Waals surface area contributed by atoms with E-state index >= 15 is 0 Å². The minimum absolute atomic E-state index is 0.737. The zero-order valence-corrected chi connectivity index (χ0v) is 8.13. The van der Waals surface area contributed by atoms with Gasteiger partial charge in [-0.05, 0) is 37.9 Å². The van der Waals surface area contributed by atoms with E-state index in [-0.39, 0.29) is 0 Å². The van der Waals surface area contributed by atoms with Crippen LogP contribution in [0.2, 0.25) is 0 Å². The molecule has 0 aromatic carbocycles. The van der Waals surface area contributed by atoms with Gasteiger partial charge in [-0.25, -0.2) is 0 Å². The van der Waals surface area contributed by atoms with Gasteiger partial charge in [0.2, 0.25) is 0 Å². The number of rotatable bonds is 2. The molecular formula is C7H11NOS2. The molecule has 0 aliphatic heterocycles. The third kappa shape index (κ3) is 2.20. The van der Waals surface area contributed by atoms with Crippen LogP contribution in [0.15, 0.2) is 16.3 Å². The van der Waals surface area contributed by atoms with Crippen molar-refractivity contribution in [2.24, 2.45) is 5.14 Å². The zero-order valence-electron chi connectivity index (χ0n) is 6.50. The van der Waals surface area contributed by atoms with Crippen LogP contribution in [0.5, 0.6) is 0 Å². The van der Waals surface area contributed by atoms with Crippen molar-refractivity contribution >= 4 is 23.3 Å². The molecule has 0 radical (unpaired) electrons. The third-order valence-corrected chi connectivity index (χ3v) is 3.40. The molecule has 1 heterocycles. The lowest BCUT2D eigenvalue weighted by atomic mass is 10.1. The van der Waals surface area contributed by atoms with E-state index in [1.54, 1.807) is 13.8 Å². The van der Waals surface area contributed by atoms with Crippen molar-refractivity contribution < 1.29 is 5.11 Å². The zero-order chi connectivity index (χ0) is 8.48. The summed E-state index contributed by atoms with van der Waals surface area (Å²) >= 11 is 2.74. The van der Waals surface area contributed by atoms with Crippen LogP contribution in [0.3, 0.4) is 0 Å². The average molecular weight is 189 g/mol. The number of thiophene rings is 1. The predicted octanol–water partition coefficient (Wildman–Crippen LogP) is 1.94. The molecule has 1 aromatic heterocycles. The second kappa shape index (κ2) is 3.15. The molecule has 0 aliphatic carbocycles. The van der Waals surface area contributed by atoms with Gasteiger partial charge in [0.1, 0.15) is 0 Å². The number of hydrogen-bond donors (Lipinski definition) is 2. The Kier molecular flexibility index (Phi) is 2.59. The van der Waals surface area contributed by atoms with E-state index in [4.69, 9.17) is 5.14 Å². The quantitative estimate of drug-likeness (QED) is 0.699. The molecule has 0 atom stereocenters. The largest absolute Gasteiger partial charge is 0.385 e. The molecule has 0 bridgehead atoms. The highest BCUT2D eigenvalue weighted by atomic mass is 32.2. The lowest BCUT2D eigenvalue weighted by Crippen LogP contribution is -2.12. The first-order chi connectivity index (χ1) is 5.04. The molecule has 0 fully saturated rings. The highest BCUT2D eigenvalue weighted by Crippen LogP contribution is 2.31. The lowest BCUT2D eigenvalue weighted by molar-refractivity contribution is 0.0825. The Bertz CT molecular complexity index is 239. The summed E-state index contributed by atoms with van der Waals surface area (Å²) in [6.07, 6.45) is 0. The second-order valence-electron chi connectivity index (χ2n) is 2.80. The molecule has 4 heteroatoms. The molecule has 0 unspecified atom stereocenters. The molecule has 2 nitrogen and oxygen atoms in total. The Labute approximate surface area is 74.6 Å². The SMILES string of the molecule is CC(C)(O)c1ccc(SN)s1. The normalized spacial score (nSPS) is 12.0. The van der Waals surface area contributed by atoms with Crippen molar-refractivity contribution in [1.82, 2.24) is 0 Å². The minimum atomic E-state index is -0.737. The first-order valence-electron chi connectivity index (χ1n) is 3.23. The van der Waals surface area contributed by atoms with Gasteiger partial charge in [0, 0.05) is 4.88 Å². The number of nitrogens with two attached hydrogens (primary N) is 1. The van der Waals surface area contributed by atoms with Gasteiger partial charge in [-0.3, -0.25) is 5.14 Å². The third-order valence-electron chi connectivity index (χ3n) is 1.30. The smallest absolute Gasteiger partial charge is 0.0932 e. The standard InChI is InChI=1S/C7H11NOS2/c1-7(2,9)5-3-4-6(10-5)11-8/h3-4,9H,8H2,1-2H3. The first-order valence-corrected chi connectivity index (χ1v) is 4.93. The maximum atomic E-state index is 9.56. The molecule has 62 valence electrons. The van der Waals surface area contributed by atoms with Crippen LogP contribution in [-0.2, 0) is 5.60 Å². The van der Waals surface area contributed by atoms with E-state index in [0.29, 0.717) is 0 Å². The molecule has 0 amide bonds. The van der Waals surface area contributed by atoms with E-state index in [2.05, 4.69) is 0 Å². The van der Waals surface area contributed by atoms with E-state index in [1.807, 2.05) is 12.1 Å². The van der Waals surface area contributed by atoms with Crippen LogP contribution in [-0.4, -0.2) is 5.11 Å². The molecule has 1 rings (SSSR count). The number of hydrogen-bond acceptors (Lipinski definition) is 4. The van der Waals surface area contributed by atoms with Crippen LogP contribution in [0.1, 0.15) is 18.7 Å². The highest BCUT2D eigenvalue weighted by Gasteiger charge is 2.17. The second-order valence-corrected chi connectivity index (χ2v) is 4.81. The van der Waals surface area contributed by atoms with Gasteiger partial charge in [-0.1, -0.05) is 0 Å². The number of aliphatic hydroxyl groups is 1. The summed E-state index contributed by atoms with van der Waals surface area (Å²) in [4.78, 5) is 0.949. The molecule has 11 heavy (non-hydrogen) atoms. The Morgan fingerprint density at radius 3 is 2.45 bits per heavy atom. The van der Waals surface area contributed by atoms with Crippen LogP contribution < -0.4 is 5.14 Å². The summed E-state index contributed by atoms with van der Waals surface area (Å²) in [6.45, 7) is 3.54. The maximum Gasteiger partial charge on any atom is 0.0932 e. The van der Waals surface area contributed by atoms with Gasteiger partial charge in [0.05, 0.1) is 9.81 Å². The van der Waals surface area contributed by atoms with Gasteiger partial charge < -0.3 is 5.11 Å². The molecule has 0 aliphatic rings. The average Bonchev–Trinajstić information content (AvgIpc) is 2.32. The summed E-state index contributed by atoms with van der Waals surface area (Å²) < 4.78 is 1.03. The first kappa shape index (κ1) is 9.06. The van der Waals surface area contributed by atoms with E-state index in [9.17, 15) is 5.11 Å². The van der Waals surface area contributed by atoms with Gasteiger partial charge in [0.15, 0.2) is 0 Å². The van der Waals surface area contributed by atoms with Crippen molar-refractivity contribution in [3.8, 4) is 0 Å². The van der Waals surface area contributed by atoms with Crippen molar-refractivity contribution in [3.63, 3.8) is 0 Å². The molecular weight excluding hydrogens is 178 g/mol. The topological polar surface area (TPSA) is 46.2 Å². The summed E-state index contributed by atoms with van der Waals surface area (Å²) in [7, 11) is 0. The van der Waals surface area contributed by atoms with E-state index in [1.165, 1.54) is 23.3 Å². The van der Waals surface area contributed by atoms with Crippen LogP contribution in [0.4, 0.5) is 0 Å². The molecule has 0 spiro atoms. The predicted molar refractivity (Wildman–Crippen MR) is 49.6 cm³/mol. The minimum Gasteiger partial charge on any atom is -0.385 e. The van der Waals surface area contributed by atoms with Crippen molar-refractivity contribution in [1.29, 1.82) is 0 Å². The van der Waals surface area contributed by atoms with Crippen molar-refractivity contribution in [3.05, 3.63) is 17.0 Å². The van der Waals surface area contributed by atoms with Gasteiger partial charge in [-0.15, -0.1) is 11.3 Å². The molecule has 0 saturated carbocycles. The summed E-state index contributed by atoms with van der Waals surface area (Å²) in [6, 6.07) is 3.82. The van der Waals surface area contributed by atoms with Gasteiger partial charge >= 0.3 is 0 Å².